The van der Waals surface area contributed by atoms with Crippen LogP contribution in [-0.4, -0.2) is 17.5 Å². The van der Waals surface area contributed by atoms with E-state index >= 15 is 0 Å². The minimum Gasteiger partial charge on any atom is -0.439 e. The summed E-state index contributed by atoms with van der Waals surface area (Å²) in [7, 11) is 0. The second kappa shape index (κ2) is 8.15. The number of nitrogens with one attached hydrogen (secondary N) is 1. The van der Waals surface area contributed by atoms with Gasteiger partial charge in [-0.05, 0) is 18.9 Å². The fourth-order valence-corrected chi connectivity index (χ4v) is 2.42. The fourth-order valence-electron chi connectivity index (χ4n) is 2.42. The molecule has 0 spiro atoms. The zero-order chi connectivity index (χ0) is 17.5. The van der Waals surface area contributed by atoms with Gasteiger partial charge >= 0.3 is 0 Å². The van der Waals surface area contributed by atoms with Gasteiger partial charge < -0.3 is 15.5 Å². The summed E-state index contributed by atoms with van der Waals surface area (Å²) in [6.07, 6.45) is 2.61. The summed E-state index contributed by atoms with van der Waals surface area (Å²) in [6, 6.07) is 18.4. The van der Waals surface area contributed by atoms with Crippen molar-refractivity contribution in [3.63, 3.8) is 0 Å². The largest absolute Gasteiger partial charge is 0.439 e. The van der Waals surface area contributed by atoms with Crippen LogP contribution in [0.3, 0.4) is 0 Å². The molecule has 0 unspecified atom stereocenters. The average molecular weight is 334 g/mol. The maximum atomic E-state index is 5.89. The number of guanidine groups is 1. The average Bonchev–Trinajstić information content (AvgIpc) is 3.10. The molecule has 0 aliphatic carbocycles. The Labute approximate surface area is 147 Å². The van der Waals surface area contributed by atoms with E-state index in [9.17, 15) is 0 Å². The zero-order valence-electron chi connectivity index (χ0n) is 14.3. The molecule has 128 valence electrons. The van der Waals surface area contributed by atoms with Crippen molar-refractivity contribution < 1.29 is 4.42 Å². The molecule has 25 heavy (non-hydrogen) atoms. The Kier molecular flexibility index (Phi) is 5.46. The first-order chi connectivity index (χ1) is 12.2. The number of hydrogen-bond donors (Lipinski definition) is 2. The van der Waals surface area contributed by atoms with Crippen LogP contribution in [0.15, 0.2) is 70.2 Å². The Morgan fingerprint density at radius 2 is 1.88 bits per heavy atom. The molecule has 1 aromatic heterocycles. The molecule has 3 N–H and O–H groups in total. The molecule has 1 heterocycles. The number of rotatable bonds is 6. The van der Waals surface area contributed by atoms with Crippen LogP contribution in [0.25, 0.3) is 11.3 Å². The molecule has 0 saturated carbocycles. The van der Waals surface area contributed by atoms with Crippen molar-refractivity contribution in [3.05, 3.63) is 77.8 Å². The summed E-state index contributed by atoms with van der Waals surface area (Å²) in [4.78, 5) is 8.53. The monoisotopic (exact) mass is 334 g/mol. The first-order valence-corrected chi connectivity index (χ1v) is 8.30. The van der Waals surface area contributed by atoms with Gasteiger partial charge in [-0.2, -0.15) is 0 Å². The number of aliphatic imine (C=N–C) groups is 1. The van der Waals surface area contributed by atoms with Gasteiger partial charge in [0.05, 0.1) is 6.20 Å². The minimum absolute atomic E-state index is 0.316. The Morgan fingerprint density at radius 3 is 2.64 bits per heavy atom. The highest BCUT2D eigenvalue weighted by Gasteiger charge is 2.06. The molecule has 0 aliphatic heterocycles. The fraction of sp³-hybridized carbons (Fsp3) is 0.200. The summed E-state index contributed by atoms with van der Waals surface area (Å²) >= 11 is 0. The molecular weight excluding hydrogens is 312 g/mol. The second-order valence-electron chi connectivity index (χ2n) is 5.85. The van der Waals surface area contributed by atoms with Crippen molar-refractivity contribution in [2.75, 3.05) is 6.54 Å². The van der Waals surface area contributed by atoms with Crippen LogP contribution >= 0.6 is 0 Å². The molecule has 0 bridgehead atoms. The van der Waals surface area contributed by atoms with Crippen molar-refractivity contribution in [3.8, 4) is 11.3 Å². The quantitative estimate of drug-likeness (QED) is 0.536. The Balaban J connectivity index is 1.50. The van der Waals surface area contributed by atoms with Gasteiger partial charge in [0.1, 0.15) is 6.54 Å². The Hall–Kier alpha value is -3.08. The molecule has 5 nitrogen and oxygen atoms in total. The number of oxazole rings is 1. The molecule has 0 atom stereocenters. The minimum atomic E-state index is 0.316. The van der Waals surface area contributed by atoms with Crippen LogP contribution in [0, 0.1) is 6.92 Å². The van der Waals surface area contributed by atoms with Crippen LogP contribution in [0.2, 0.25) is 0 Å². The van der Waals surface area contributed by atoms with Gasteiger partial charge in [-0.15, -0.1) is 0 Å². The van der Waals surface area contributed by atoms with Crippen molar-refractivity contribution >= 4 is 5.96 Å². The lowest BCUT2D eigenvalue weighted by molar-refractivity contribution is 0.509. The zero-order valence-corrected chi connectivity index (χ0v) is 14.3. The molecule has 2 aromatic carbocycles. The van der Waals surface area contributed by atoms with Gasteiger partial charge in [0, 0.05) is 12.1 Å². The summed E-state index contributed by atoms with van der Waals surface area (Å²) in [5, 5.41) is 3.10. The number of hydrogen-bond acceptors (Lipinski definition) is 3. The lowest BCUT2D eigenvalue weighted by Crippen LogP contribution is -2.33. The van der Waals surface area contributed by atoms with Gasteiger partial charge in [0.2, 0.25) is 5.89 Å². The third-order valence-corrected chi connectivity index (χ3v) is 3.84. The Morgan fingerprint density at radius 1 is 1.12 bits per heavy atom. The van der Waals surface area contributed by atoms with Crippen LogP contribution < -0.4 is 11.1 Å². The van der Waals surface area contributed by atoms with Crippen LogP contribution in [0.1, 0.15) is 17.0 Å². The van der Waals surface area contributed by atoms with Crippen molar-refractivity contribution in [1.29, 1.82) is 0 Å². The van der Waals surface area contributed by atoms with Crippen LogP contribution in [0.4, 0.5) is 0 Å². The maximum Gasteiger partial charge on any atom is 0.216 e. The lowest BCUT2D eigenvalue weighted by Gasteiger charge is -2.05. The molecular formula is C20H22N4O. The number of benzene rings is 2. The molecule has 3 aromatic rings. The van der Waals surface area contributed by atoms with E-state index in [1.165, 1.54) is 11.1 Å². The van der Waals surface area contributed by atoms with Gasteiger partial charge in [0.25, 0.3) is 0 Å². The van der Waals surface area contributed by atoms with E-state index in [2.05, 4.69) is 34.3 Å². The van der Waals surface area contributed by atoms with Crippen molar-refractivity contribution in [2.24, 2.45) is 10.7 Å². The van der Waals surface area contributed by atoms with E-state index in [1.54, 1.807) is 6.20 Å². The molecule has 0 aliphatic rings. The Bertz CT molecular complexity index is 822. The molecule has 0 fully saturated rings. The van der Waals surface area contributed by atoms with Crippen molar-refractivity contribution in [2.45, 2.75) is 19.9 Å². The first kappa shape index (κ1) is 16.8. The van der Waals surface area contributed by atoms with Gasteiger partial charge in [-0.25, -0.2) is 9.98 Å². The maximum absolute atomic E-state index is 5.89. The smallest absolute Gasteiger partial charge is 0.216 e. The number of nitrogens with zero attached hydrogens (tertiary/aromatic N) is 2. The van der Waals surface area contributed by atoms with Gasteiger partial charge in [-0.1, -0.05) is 60.2 Å². The SMILES string of the molecule is Cc1ccc(-c2cnc(CN=C(N)NCCc3ccccc3)o2)cc1. The number of aryl methyl sites for hydroxylation is 1. The molecule has 0 saturated heterocycles. The molecule has 3 rings (SSSR count). The van der Waals surface area contributed by atoms with Gasteiger partial charge in [0.15, 0.2) is 11.7 Å². The number of nitrogens with two attached hydrogens (primary N) is 1. The summed E-state index contributed by atoms with van der Waals surface area (Å²) in [5.74, 6) is 1.68. The van der Waals surface area contributed by atoms with Crippen molar-refractivity contribution in [1.82, 2.24) is 10.3 Å². The first-order valence-electron chi connectivity index (χ1n) is 8.30. The predicted octanol–water partition coefficient (Wildman–Crippen LogP) is 3.30. The van der Waals surface area contributed by atoms with Crippen LogP contribution in [-0.2, 0) is 13.0 Å². The van der Waals surface area contributed by atoms with E-state index in [4.69, 9.17) is 10.2 Å². The molecule has 5 heteroatoms. The highest BCUT2D eigenvalue weighted by atomic mass is 16.4. The molecule has 0 radical (unpaired) electrons. The number of aromatic nitrogens is 1. The third kappa shape index (κ3) is 4.94. The van der Waals surface area contributed by atoms with Crippen LogP contribution in [0.5, 0.6) is 0 Å². The topological polar surface area (TPSA) is 76.4 Å². The summed E-state index contributed by atoms with van der Waals surface area (Å²) in [5.41, 5.74) is 9.36. The highest BCUT2D eigenvalue weighted by molar-refractivity contribution is 5.77. The second-order valence-corrected chi connectivity index (χ2v) is 5.85. The normalized spacial score (nSPS) is 11.5. The summed E-state index contributed by atoms with van der Waals surface area (Å²) < 4.78 is 5.73. The third-order valence-electron chi connectivity index (χ3n) is 3.84. The standard InChI is InChI=1S/C20H22N4O/c1-15-7-9-17(10-8-15)18-13-23-19(25-18)14-24-20(21)22-12-11-16-5-3-2-4-6-16/h2-10,13H,11-12,14H2,1H3,(H3,21,22,24). The predicted molar refractivity (Wildman–Crippen MR) is 100 cm³/mol. The molecule has 0 amide bonds. The summed E-state index contributed by atoms with van der Waals surface area (Å²) in [6.45, 7) is 3.10. The van der Waals surface area contributed by atoms with E-state index in [-0.39, 0.29) is 0 Å². The highest BCUT2D eigenvalue weighted by Crippen LogP contribution is 2.20. The van der Waals surface area contributed by atoms with E-state index in [0.717, 1.165) is 24.3 Å². The van der Waals surface area contributed by atoms with E-state index < -0.39 is 0 Å². The van der Waals surface area contributed by atoms with E-state index in [0.29, 0.717) is 18.4 Å². The van der Waals surface area contributed by atoms with E-state index in [1.807, 2.05) is 42.5 Å². The van der Waals surface area contributed by atoms with Gasteiger partial charge in [-0.3, -0.25) is 0 Å². The lowest BCUT2D eigenvalue weighted by atomic mass is 10.1.